The van der Waals surface area contributed by atoms with Crippen LogP contribution < -0.4 is 11.2 Å². The summed E-state index contributed by atoms with van der Waals surface area (Å²) in [5.74, 6) is -0.491. The second kappa shape index (κ2) is 5.52. The van der Waals surface area contributed by atoms with E-state index in [4.69, 9.17) is 0 Å². The van der Waals surface area contributed by atoms with Gasteiger partial charge in [-0.2, -0.15) is 0 Å². The molecule has 1 heterocycles. The lowest BCUT2D eigenvalue weighted by atomic mass is 10.2. The zero-order valence-corrected chi connectivity index (χ0v) is 11.9. The lowest BCUT2D eigenvalue weighted by Gasteiger charge is -2.08. The van der Waals surface area contributed by atoms with E-state index in [2.05, 4.69) is 0 Å². The van der Waals surface area contributed by atoms with Gasteiger partial charge in [-0.15, -0.1) is 0 Å². The maximum absolute atomic E-state index is 11.8. The van der Waals surface area contributed by atoms with E-state index in [1.807, 2.05) is 0 Å². The van der Waals surface area contributed by atoms with Crippen LogP contribution in [-0.4, -0.2) is 35.3 Å². The molecule has 0 aliphatic heterocycles. The van der Waals surface area contributed by atoms with E-state index in [-0.39, 0.29) is 24.3 Å². The first kappa shape index (κ1) is 15.4. The Morgan fingerprint density at radius 2 is 1.89 bits per heavy atom. The molecule has 0 bridgehead atoms. The van der Waals surface area contributed by atoms with Crippen molar-refractivity contribution in [2.75, 3.05) is 12.0 Å². The van der Waals surface area contributed by atoms with Crippen molar-refractivity contribution in [3.05, 3.63) is 32.6 Å². The summed E-state index contributed by atoms with van der Waals surface area (Å²) in [6.07, 6.45) is 2.54. The molecule has 0 atom stereocenters. The fraction of sp³-hybridized carbons (Fsp3) is 0.545. The number of aryl methyl sites for hydroxylation is 1. The highest BCUT2D eigenvalue weighted by Crippen LogP contribution is 1.95. The number of hydrogen-bond donors (Lipinski definition) is 0. The number of aromatic nitrogens is 2. The normalized spacial score (nSPS) is 11.5. The molecule has 0 radical (unpaired) electrons. The summed E-state index contributed by atoms with van der Waals surface area (Å²) in [6.45, 7) is 1.38. The van der Waals surface area contributed by atoms with Crippen LogP contribution in [0, 0.1) is 0 Å². The minimum Gasteiger partial charge on any atom is -0.300 e. The third kappa shape index (κ3) is 3.88. The van der Waals surface area contributed by atoms with Crippen LogP contribution in [0.5, 0.6) is 0 Å². The van der Waals surface area contributed by atoms with Crippen LogP contribution in [0.25, 0.3) is 0 Å². The molecule has 106 valence electrons. The van der Waals surface area contributed by atoms with Crippen LogP contribution in [0.15, 0.2) is 15.8 Å². The summed E-state index contributed by atoms with van der Waals surface area (Å²) in [5.41, 5.74) is -1.29. The largest absolute Gasteiger partial charge is 0.330 e. The van der Waals surface area contributed by atoms with Gasteiger partial charge in [-0.1, -0.05) is 0 Å². The number of carbonyl (C=O) groups excluding carboxylic acids is 1. The van der Waals surface area contributed by atoms with Gasteiger partial charge in [0.2, 0.25) is 0 Å². The van der Waals surface area contributed by atoms with Gasteiger partial charge in [0.05, 0.1) is 11.3 Å². The maximum Gasteiger partial charge on any atom is 0.330 e. The van der Waals surface area contributed by atoms with Crippen LogP contribution in [0.3, 0.4) is 0 Å². The second-order valence-corrected chi connectivity index (χ2v) is 6.68. The monoisotopic (exact) mass is 288 g/mol. The Hall–Kier alpha value is -1.70. The smallest absolute Gasteiger partial charge is 0.300 e. The molecule has 0 saturated heterocycles. The predicted octanol–water partition coefficient (Wildman–Crippen LogP) is -0.816. The first-order chi connectivity index (χ1) is 8.63. The molecule has 1 rings (SSSR count). The Bertz CT molecular complexity index is 712. The van der Waals surface area contributed by atoms with Gasteiger partial charge in [0.1, 0.15) is 9.84 Å². The summed E-state index contributed by atoms with van der Waals surface area (Å²) >= 11 is 0. The van der Waals surface area contributed by atoms with Gasteiger partial charge in [-0.3, -0.25) is 18.7 Å². The van der Waals surface area contributed by atoms with Gasteiger partial charge >= 0.3 is 5.69 Å². The number of sulfone groups is 1. The van der Waals surface area contributed by atoms with Crippen LogP contribution in [0.2, 0.25) is 0 Å². The van der Waals surface area contributed by atoms with E-state index < -0.39 is 26.9 Å². The standard InChI is InChI=1S/C11H16N2O5S/c1-8(14)9-7-13(5-4-6-19(3,17)18)11(16)12(2)10(9)15/h7H,4-6H2,1-3H3. The Labute approximate surface area is 110 Å². The molecule has 1 aromatic heterocycles. The molecular weight excluding hydrogens is 272 g/mol. The molecule has 0 N–H and O–H groups in total. The number of Topliss-reactive ketones (excluding diaryl/α,β-unsaturated/α-hetero) is 1. The topological polar surface area (TPSA) is 95.2 Å². The Morgan fingerprint density at radius 3 is 2.37 bits per heavy atom. The molecule has 0 saturated carbocycles. The summed E-state index contributed by atoms with van der Waals surface area (Å²) in [5, 5.41) is 0. The van der Waals surface area contributed by atoms with Crippen molar-refractivity contribution in [3.8, 4) is 0 Å². The van der Waals surface area contributed by atoms with Crippen LogP contribution in [-0.2, 0) is 23.4 Å². The summed E-state index contributed by atoms with van der Waals surface area (Å²) in [7, 11) is -1.82. The average molecular weight is 288 g/mol. The highest BCUT2D eigenvalue weighted by Gasteiger charge is 2.12. The number of rotatable bonds is 5. The molecule has 0 aromatic carbocycles. The van der Waals surface area contributed by atoms with Gasteiger partial charge < -0.3 is 0 Å². The Kier molecular flexibility index (Phi) is 4.46. The quantitative estimate of drug-likeness (QED) is 0.660. The van der Waals surface area contributed by atoms with Gasteiger partial charge in [0, 0.05) is 26.0 Å². The Morgan fingerprint density at radius 1 is 1.32 bits per heavy atom. The van der Waals surface area contributed by atoms with Gasteiger partial charge in [0.25, 0.3) is 5.56 Å². The summed E-state index contributed by atoms with van der Waals surface area (Å²) < 4.78 is 24.0. The molecule has 0 unspecified atom stereocenters. The highest BCUT2D eigenvalue weighted by molar-refractivity contribution is 7.90. The highest BCUT2D eigenvalue weighted by atomic mass is 32.2. The fourth-order valence-corrected chi connectivity index (χ4v) is 2.28. The zero-order chi connectivity index (χ0) is 14.8. The van der Waals surface area contributed by atoms with Crippen molar-refractivity contribution in [1.29, 1.82) is 0 Å². The van der Waals surface area contributed by atoms with E-state index >= 15 is 0 Å². The third-order valence-electron chi connectivity index (χ3n) is 2.65. The molecule has 0 spiro atoms. The first-order valence-electron chi connectivity index (χ1n) is 5.62. The lowest BCUT2D eigenvalue weighted by Crippen LogP contribution is -2.40. The lowest BCUT2D eigenvalue weighted by molar-refractivity contribution is 0.101. The molecule has 0 amide bonds. The molecule has 7 nitrogen and oxygen atoms in total. The minimum atomic E-state index is -3.10. The van der Waals surface area contributed by atoms with Crippen LogP contribution in [0.4, 0.5) is 0 Å². The van der Waals surface area contributed by atoms with E-state index in [9.17, 15) is 22.8 Å². The summed E-state index contributed by atoms with van der Waals surface area (Å²) in [4.78, 5) is 34.7. The van der Waals surface area contributed by atoms with Gasteiger partial charge in [0.15, 0.2) is 5.78 Å². The van der Waals surface area contributed by atoms with E-state index in [0.717, 1.165) is 10.8 Å². The SMILES string of the molecule is CC(=O)c1cn(CCCS(C)(=O)=O)c(=O)n(C)c1=O. The number of ketones is 1. The summed E-state index contributed by atoms with van der Waals surface area (Å²) in [6, 6.07) is 0. The maximum atomic E-state index is 11.8. The number of carbonyl (C=O) groups is 1. The van der Waals surface area contributed by atoms with E-state index in [1.54, 1.807) is 0 Å². The minimum absolute atomic E-state index is 0.0579. The first-order valence-corrected chi connectivity index (χ1v) is 7.68. The van der Waals surface area contributed by atoms with Crippen molar-refractivity contribution >= 4 is 15.6 Å². The van der Waals surface area contributed by atoms with Gasteiger partial charge in [-0.05, 0) is 13.3 Å². The van der Waals surface area contributed by atoms with Crippen molar-refractivity contribution in [2.24, 2.45) is 7.05 Å². The van der Waals surface area contributed by atoms with Crippen molar-refractivity contribution in [2.45, 2.75) is 19.9 Å². The molecule has 8 heteroatoms. The molecule has 0 fully saturated rings. The van der Waals surface area contributed by atoms with Gasteiger partial charge in [-0.25, -0.2) is 13.2 Å². The predicted molar refractivity (Wildman–Crippen MR) is 70.3 cm³/mol. The molecule has 19 heavy (non-hydrogen) atoms. The van der Waals surface area contributed by atoms with E-state index in [1.165, 1.54) is 24.7 Å². The molecule has 1 aromatic rings. The Balaban J connectivity index is 3.12. The van der Waals surface area contributed by atoms with E-state index in [0.29, 0.717) is 0 Å². The fourth-order valence-electron chi connectivity index (χ4n) is 1.63. The molecular formula is C11H16N2O5S. The second-order valence-electron chi connectivity index (χ2n) is 4.42. The molecule has 0 aliphatic carbocycles. The number of hydrogen-bond acceptors (Lipinski definition) is 5. The van der Waals surface area contributed by atoms with Crippen molar-refractivity contribution in [3.63, 3.8) is 0 Å². The average Bonchev–Trinajstić information content (AvgIpc) is 2.27. The van der Waals surface area contributed by atoms with Crippen molar-refractivity contribution in [1.82, 2.24) is 9.13 Å². The van der Waals surface area contributed by atoms with Crippen molar-refractivity contribution < 1.29 is 13.2 Å². The molecule has 0 aliphatic rings. The zero-order valence-electron chi connectivity index (χ0n) is 11.0. The third-order valence-corrected chi connectivity index (χ3v) is 3.68. The number of nitrogens with zero attached hydrogens (tertiary/aromatic N) is 2. The van der Waals surface area contributed by atoms with Crippen LogP contribution in [0.1, 0.15) is 23.7 Å². The van der Waals surface area contributed by atoms with Crippen LogP contribution >= 0.6 is 0 Å².